The molecule has 0 amide bonds. The second-order valence-corrected chi connectivity index (χ2v) is 3.60. The van der Waals surface area contributed by atoms with Crippen molar-refractivity contribution in [2.75, 3.05) is 0 Å². The van der Waals surface area contributed by atoms with E-state index in [1.54, 1.807) is 13.0 Å². The summed E-state index contributed by atoms with van der Waals surface area (Å²) in [5.41, 5.74) is 2.61. The Labute approximate surface area is 93.3 Å². The molecule has 0 spiro atoms. The first-order valence-corrected chi connectivity index (χ1v) is 5.03. The summed E-state index contributed by atoms with van der Waals surface area (Å²) in [6.45, 7) is 1.80. The molecule has 0 fully saturated rings. The molecule has 16 heavy (non-hydrogen) atoms. The topological polar surface area (TPSA) is 56.7 Å². The van der Waals surface area contributed by atoms with Crippen LogP contribution in [0.5, 0.6) is 0 Å². The summed E-state index contributed by atoms with van der Waals surface area (Å²) >= 11 is 0. The minimum atomic E-state index is -0.137. The van der Waals surface area contributed by atoms with Gasteiger partial charge in [0.25, 0.3) is 0 Å². The highest BCUT2D eigenvalue weighted by Crippen LogP contribution is 2.10. The van der Waals surface area contributed by atoms with E-state index in [1.807, 2.05) is 30.3 Å². The first kappa shape index (κ1) is 10.4. The van der Waals surface area contributed by atoms with Crippen LogP contribution in [0.15, 0.2) is 47.3 Å². The fourth-order valence-corrected chi connectivity index (χ4v) is 1.61. The molecule has 0 aliphatic carbocycles. The van der Waals surface area contributed by atoms with E-state index >= 15 is 0 Å². The maximum absolute atomic E-state index is 11.1. The highest BCUT2D eigenvalue weighted by Gasteiger charge is 2.07. The van der Waals surface area contributed by atoms with Crippen molar-refractivity contribution in [3.8, 4) is 0 Å². The lowest BCUT2D eigenvalue weighted by molar-refractivity contribution is 1.13. The number of aromatic nitrogens is 1. The molecular weight excluding hydrogens is 200 g/mol. The lowest BCUT2D eigenvalue weighted by Gasteiger charge is -2.06. The normalized spacial score (nSPS) is 10.1. The fraction of sp³-hybridized carbons (Fsp3) is 0.0769. The van der Waals surface area contributed by atoms with Gasteiger partial charge >= 0.3 is 0 Å². The Morgan fingerprint density at radius 3 is 2.44 bits per heavy atom. The molecular formula is C13H12N2O. The second-order valence-electron chi connectivity index (χ2n) is 3.60. The van der Waals surface area contributed by atoms with Crippen LogP contribution in [0.1, 0.15) is 16.8 Å². The van der Waals surface area contributed by atoms with Crippen molar-refractivity contribution in [3.63, 3.8) is 0 Å². The van der Waals surface area contributed by atoms with Gasteiger partial charge in [-0.25, -0.2) is 0 Å². The van der Waals surface area contributed by atoms with E-state index in [0.29, 0.717) is 5.71 Å². The maximum atomic E-state index is 11.1. The van der Waals surface area contributed by atoms with Crippen LogP contribution in [0.4, 0.5) is 0 Å². The van der Waals surface area contributed by atoms with Crippen molar-refractivity contribution in [1.29, 1.82) is 5.41 Å². The zero-order chi connectivity index (χ0) is 11.5. The summed E-state index contributed by atoms with van der Waals surface area (Å²) in [5.74, 6) is 0. The third-order valence-corrected chi connectivity index (χ3v) is 2.45. The van der Waals surface area contributed by atoms with Gasteiger partial charge in [-0.2, -0.15) is 0 Å². The van der Waals surface area contributed by atoms with E-state index < -0.39 is 0 Å². The molecule has 0 atom stereocenters. The summed E-state index contributed by atoms with van der Waals surface area (Å²) in [6.07, 6.45) is 0. The van der Waals surface area contributed by atoms with Crippen LogP contribution in [-0.4, -0.2) is 10.7 Å². The van der Waals surface area contributed by atoms with Gasteiger partial charge in [0, 0.05) is 22.9 Å². The molecule has 0 saturated carbocycles. The summed E-state index contributed by atoms with van der Waals surface area (Å²) < 4.78 is 0. The van der Waals surface area contributed by atoms with Gasteiger partial charge in [0.2, 0.25) is 5.56 Å². The zero-order valence-electron chi connectivity index (χ0n) is 8.95. The molecule has 80 valence electrons. The largest absolute Gasteiger partial charge is 0.326 e. The standard InChI is InChI=1S/C13H12N2O/c1-9-11(7-8-12(16)15-9)13(14)10-5-3-2-4-6-10/h2-8,14H,1H3,(H,15,16). The van der Waals surface area contributed by atoms with Gasteiger partial charge in [-0.05, 0) is 13.0 Å². The Morgan fingerprint density at radius 2 is 1.81 bits per heavy atom. The van der Waals surface area contributed by atoms with Crippen LogP contribution in [0, 0.1) is 12.3 Å². The summed E-state index contributed by atoms with van der Waals surface area (Å²) in [6, 6.07) is 12.6. The van der Waals surface area contributed by atoms with Crippen LogP contribution in [0.25, 0.3) is 0 Å². The predicted octanol–water partition coefficient (Wildman–Crippen LogP) is 2.10. The van der Waals surface area contributed by atoms with E-state index in [4.69, 9.17) is 5.41 Å². The van der Waals surface area contributed by atoms with Crippen LogP contribution < -0.4 is 5.56 Å². The first-order valence-electron chi connectivity index (χ1n) is 5.03. The third-order valence-electron chi connectivity index (χ3n) is 2.45. The van der Waals surface area contributed by atoms with Gasteiger partial charge in [-0.15, -0.1) is 0 Å². The van der Waals surface area contributed by atoms with Crippen molar-refractivity contribution in [2.45, 2.75) is 6.92 Å². The number of nitrogens with one attached hydrogen (secondary N) is 2. The van der Waals surface area contributed by atoms with Crippen LogP contribution in [0.3, 0.4) is 0 Å². The Balaban J connectivity index is 2.46. The second kappa shape index (κ2) is 4.14. The first-order chi connectivity index (χ1) is 7.68. The number of H-pyrrole nitrogens is 1. The average molecular weight is 212 g/mol. The van der Waals surface area contributed by atoms with Crippen molar-refractivity contribution in [1.82, 2.24) is 4.98 Å². The molecule has 1 aromatic carbocycles. The quantitative estimate of drug-likeness (QED) is 0.736. The number of aromatic amines is 1. The maximum Gasteiger partial charge on any atom is 0.248 e. The van der Waals surface area contributed by atoms with E-state index in [0.717, 1.165) is 16.8 Å². The molecule has 3 nitrogen and oxygen atoms in total. The van der Waals surface area contributed by atoms with Crippen LogP contribution in [0.2, 0.25) is 0 Å². The zero-order valence-corrected chi connectivity index (χ0v) is 8.95. The number of hydrogen-bond donors (Lipinski definition) is 2. The van der Waals surface area contributed by atoms with Crippen LogP contribution >= 0.6 is 0 Å². The van der Waals surface area contributed by atoms with E-state index in [-0.39, 0.29) is 5.56 Å². The SMILES string of the molecule is Cc1[nH]c(=O)ccc1C(=N)c1ccccc1. The number of hydrogen-bond acceptors (Lipinski definition) is 2. The number of pyridine rings is 1. The Hall–Kier alpha value is -2.16. The molecule has 3 heteroatoms. The highest BCUT2D eigenvalue weighted by atomic mass is 16.1. The monoisotopic (exact) mass is 212 g/mol. The molecule has 2 aromatic rings. The highest BCUT2D eigenvalue weighted by molar-refractivity contribution is 6.11. The van der Waals surface area contributed by atoms with Crippen molar-refractivity contribution in [2.24, 2.45) is 0 Å². The number of benzene rings is 1. The summed E-state index contributed by atoms with van der Waals surface area (Å²) in [4.78, 5) is 13.8. The molecule has 0 aliphatic heterocycles. The van der Waals surface area contributed by atoms with Crippen LogP contribution in [-0.2, 0) is 0 Å². The average Bonchev–Trinajstić information content (AvgIpc) is 2.29. The van der Waals surface area contributed by atoms with Gasteiger partial charge in [0.05, 0.1) is 5.71 Å². The predicted molar refractivity (Wildman–Crippen MR) is 64.2 cm³/mol. The molecule has 0 aliphatic rings. The van der Waals surface area contributed by atoms with Gasteiger partial charge in [-0.3, -0.25) is 10.2 Å². The minimum absolute atomic E-state index is 0.137. The van der Waals surface area contributed by atoms with Crippen molar-refractivity contribution >= 4 is 5.71 Å². The van der Waals surface area contributed by atoms with Gasteiger partial charge in [-0.1, -0.05) is 30.3 Å². The summed E-state index contributed by atoms with van der Waals surface area (Å²) in [7, 11) is 0. The van der Waals surface area contributed by atoms with Gasteiger partial charge < -0.3 is 4.98 Å². The minimum Gasteiger partial charge on any atom is -0.326 e. The lowest BCUT2D eigenvalue weighted by Crippen LogP contribution is -2.11. The fourth-order valence-electron chi connectivity index (χ4n) is 1.61. The molecule has 0 saturated heterocycles. The van der Waals surface area contributed by atoms with Crippen molar-refractivity contribution < 1.29 is 0 Å². The number of aryl methyl sites for hydroxylation is 1. The van der Waals surface area contributed by atoms with E-state index in [9.17, 15) is 4.79 Å². The molecule has 0 radical (unpaired) electrons. The smallest absolute Gasteiger partial charge is 0.248 e. The van der Waals surface area contributed by atoms with E-state index in [2.05, 4.69) is 4.98 Å². The molecule has 2 rings (SSSR count). The molecule has 0 bridgehead atoms. The Kier molecular flexibility index (Phi) is 2.68. The van der Waals surface area contributed by atoms with Gasteiger partial charge in [0.1, 0.15) is 0 Å². The number of rotatable bonds is 2. The molecule has 2 N–H and O–H groups in total. The summed E-state index contributed by atoms with van der Waals surface area (Å²) in [5, 5.41) is 8.06. The lowest BCUT2D eigenvalue weighted by atomic mass is 10.0. The molecule has 1 heterocycles. The van der Waals surface area contributed by atoms with Crippen molar-refractivity contribution in [3.05, 3.63) is 69.6 Å². The Bertz CT molecular complexity index is 570. The Morgan fingerprint density at radius 1 is 1.12 bits per heavy atom. The molecule has 0 unspecified atom stereocenters. The van der Waals surface area contributed by atoms with E-state index in [1.165, 1.54) is 6.07 Å². The molecule has 1 aromatic heterocycles. The third kappa shape index (κ3) is 1.93. The van der Waals surface area contributed by atoms with Gasteiger partial charge in [0.15, 0.2) is 0 Å².